The first kappa shape index (κ1) is 15.5. The minimum atomic E-state index is -0.0512. The van der Waals surface area contributed by atoms with Crippen molar-refractivity contribution < 1.29 is 9.32 Å². The van der Waals surface area contributed by atoms with Gasteiger partial charge in [-0.05, 0) is 31.1 Å². The van der Waals surface area contributed by atoms with E-state index in [4.69, 9.17) is 4.52 Å². The lowest BCUT2D eigenvalue weighted by Crippen LogP contribution is -2.35. The van der Waals surface area contributed by atoms with Gasteiger partial charge in [0.2, 0.25) is 11.8 Å². The summed E-state index contributed by atoms with van der Waals surface area (Å²) >= 11 is 0. The normalized spacial score (nSPS) is 27.6. The van der Waals surface area contributed by atoms with E-state index in [1.54, 1.807) is 0 Å². The maximum atomic E-state index is 12.5. The van der Waals surface area contributed by atoms with Crippen molar-refractivity contribution in [1.82, 2.24) is 15.0 Å². The van der Waals surface area contributed by atoms with Crippen molar-refractivity contribution in [1.29, 1.82) is 0 Å². The smallest absolute Gasteiger partial charge is 0.226 e. The van der Waals surface area contributed by atoms with Crippen LogP contribution in [0, 0.1) is 11.8 Å². The van der Waals surface area contributed by atoms with Crippen LogP contribution >= 0.6 is 0 Å². The highest BCUT2D eigenvalue weighted by molar-refractivity contribution is 5.76. The van der Waals surface area contributed by atoms with Crippen LogP contribution in [0.25, 0.3) is 0 Å². The predicted octanol–water partition coefficient (Wildman–Crippen LogP) is 2.95. The van der Waals surface area contributed by atoms with Crippen LogP contribution in [0.4, 0.5) is 0 Å². The zero-order chi connectivity index (χ0) is 15.7. The molecule has 2 fully saturated rings. The molecule has 1 amide bonds. The molecule has 1 aliphatic heterocycles. The van der Waals surface area contributed by atoms with Crippen LogP contribution in [0.5, 0.6) is 0 Å². The molecule has 1 saturated heterocycles. The van der Waals surface area contributed by atoms with Gasteiger partial charge in [0.15, 0.2) is 5.82 Å². The van der Waals surface area contributed by atoms with Gasteiger partial charge in [0.1, 0.15) is 0 Å². The number of hydrogen-bond donors (Lipinski definition) is 0. The Hall–Kier alpha value is -1.39. The SMILES string of the molecule is CCc1nc(C23CCCC2CN(C(=O)CCC(C)C)C3)no1. The fourth-order valence-corrected chi connectivity index (χ4v) is 4.02. The van der Waals surface area contributed by atoms with Crippen molar-refractivity contribution in [3.05, 3.63) is 11.7 Å². The predicted molar refractivity (Wildman–Crippen MR) is 83.3 cm³/mol. The largest absolute Gasteiger partial charge is 0.341 e. The zero-order valence-corrected chi connectivity index (χ0v) is 14.0. The molecule has 2 heterocycles. The minimum absolute atomic E-state index is 0.0512. The topological polar surface area (TPSA) is 59.2 Å². The average Bonchev–Trinajstić information content (AvgIpc) is 3.16. The molecule has 0 N–H and O–H groups in total. The molecular weight excluding hydrogens is 278 g/mol. The number of fused-ring (bicyclic) bond motifs is 1. The number of aromatic nitrogens is 2. The molecule has 5 heteroatoms. The van der Waals surface area contributed by atoms with E-state index in [0.29, 0.717) is 30.1 Å². The van der Waals surface area contributed by atoms with E-state index in [1.165, 1.54) is 12.8 Å². The molecule has 3 rings (SSSR count). The number of hydrogen-bond acceptors (Lipinski definition) is 4. The van der Waals surface area contributed by atoms with Crippen molar-refractivity contribution in [2.24, 2.45) is 11.8 Å². The lowest BCUT2D eigenvalue weighted by molar-refractivity contribution is -0.130. The van der Waals surface area contributed by atoms with E-state index < -0.39 is 0 Å². The Kier molecular flexibility index (Phi) is 4.24. The molecule has 5 nitrogen and oxygen atoms in total. The number of likely N-dealkylation sites (tertiary alicyclic amines) is 1. The first-order valence-corrected chi connectivity index (χ1v) is 8.66. The van der Waals surface area contributed by atoms with E-state index >= 15 is 0 Å². The van der Waals surface area contributed by atoms with Crippen LogP contribution in [0.15, 0.2) is 4.52 Å². The van der Waals surface area contributed by atoms with E-state index in [-0.39, 0.29) is 5.41 Å². The molecule has 0 bridgehead atoms. The Morgan fingerprint density at radius 1 is 1.50 bits per heavy atom. The van der Waals surface area contributed by atoms with Gasteiger partial charge < -0.3 is 9.42 Å². The summed E-state index contributed by atoms with van der Waals surface area (Å²) < 4.78 is 5.34. The number of aryl methyl sites for hydroxylation is 1. The molecular formula is C17H27N3O2. The number of carbonyl (C=O) groups is 1. The molecule has 2 aliphatic rings. The van der Waals surface area contributed by atoms with Gasteiger partial charge in [0.25, 0.3) is 0 Å². The maximum absolute atomic E-state index is 12.5. The van der Waals surface area contributed by atoms with Crippen molar-refractivity contribution in [3.8, 4) is 0 Å². The quantitative estimate of drug-likeness (QED) is 0.839. The summed E-state index contributed by atoms with van der Waals surface area (Å²) in [6.45, 7) is 8.00. The molecule has 1 aromatic rings. The number of amides is 1. The van der Waals surface area contributed by atoms with Crippen LogP contribution in [0.2, 0.25) is 0 Å². The number of rotatable bonds is 5. The third-order valence-corrected chi connectivity index (χ3v) is 5.37. The second-order valence-corrected chi connectivity index (χ2v) is 7.32. The van der Waals surface area contributed by atoms with Crippen LogP contribution in [0.1, 0.15) is 64.6 Å². The van der Waals surface area contributed by atoms with E-state index in [0.717, 1.165) is 38.2 Å². The summed E-state index contributed by atoms with van der Waals surface area (Å²) in [7, 11) is 0. The first-order chi connectivity index (χ1) is 10.5. The van der Waals surface area contributed by atoms with Gasteiger partial charge in [-0.2, -0.15) is 4.98 Å². The molecule has 1 aromatic heterocycles. The Morgan fingerprint density at radius 3 is 3.00 bits per heavy atom. The van der Waals surface area contributed by atoms with E-state index in [2.05, 4.69) is 24.0 Å². The summed E-state index contributed by atoms with van der Waals surface area (Å²) in [5, 5.41) is 4.25. The van der Waals surface area contributed by atoms with Gasteiger partial charge in [-0.25, -0.2) is 0 Å². The molecule has 0 aromatic carbocycles. The summed E-state index contributed by atoms with van der Waals surface area (Å²) in [5.41, 5.74) is -0.0512. The van der Waals surface area contributed by atoms with Crippen LogP contribution in [-0.4, -0.2) is 34.0 Å². The average molecular weight is 305 g/mol. The Bertz CT molecular complexity index is 540. The highest BCUT2D eigenvalue weighted by Crippen LogP contribution is 2.49. The highest BCUT2D eigenvalue weighted by atomic mass is 16.5. The number of nitrogens with zero attached hydrogens (tertiary/aromatic N) is 3. The monoisotopic (exact) mass is 305 g/mol. The van der Waals surface area contributed by atoms with Gasteiger partial charge in [-0.1, -0.05) is 32.3 Å². The van der Waals surface area contributed by atoms with Crippen molar-refractivity contribution >= 4 is 5.91 Å². The first-order valence-electron chi connectivity index (χ1n) is 8.66. The zero-order valence-electron chi connectivity index (χ0n) is 14.0. The third kappa shape index (κ3) is 2.66. The second-order valence-electron chi connectivity index (χ2n) is 7.32. The molecule has 1 aliphatic carbocycles. The summed E-state index contributed by atoms with van der Waals surface area (Å²) in [4.78, 5) is 19.1. The fourth-order valence-electron chi connectivity index (χ4n) is 4.02. The standard InChI is InChI=1S/C17H27N3O2/c1-4-14-18-16(19-22-14)17-9-5-6-13(17)10-20(11-17)15(21)8-7-12(2)3/h12-13H,4-11H2,1-3H3. The summed E-state index contributed by atoms with van der Waals surface area (Å²) in [5.74, 6) is 2.91. The van der Waals surface area contributed by atoms with Crippen LogP contribution < -0.4 is 0 Å². The minimum Gasteiger partial charge on any atom is -0.341 e. The highest BCUT2D eigenvalue weighted by Gasteiger charge is 2.54. The van der Waals surface area contributed by atoms with Crippen LogP contribution in [0.3, 0.4) is 0 Å². The molecule has 2 atom stereocenters. The van der Waals surface area contributed by atoms with Crippen molar-refractivity contribution in [2.45, 2.75) is 64.7 Å². The van der Waals surface area contributed by atoms with Crippen LogP contribution in [-0.2, 0) is 16.6 Å². The lowest BCUT2D eigenvalue weighted by atomic mass is 9.80. The molecule has 2 unspecified atom stereocenters. The van der Waals surface area contributed by atoms with Gasteiger partial charge >= 0.3 is 0 Å². The van der Waals surface area contributed by atoms with Crippen molar-refractivity contribution in [3.63, 3.8) is 0 Å². The van der Waals surface area contributed by atoms with Gasteiger partial charge in [0.05, 0.1) is 5.41 Å². The Labute approximate surface area is 132 Å². The fraction of sp³-hybridized carbons (Fsp3) is 0.824. The van der Waals surface area contributed by atoms with Gasteiger partial charge in [-0.3, -0.25) is 4.79 Å². The summed E-state index contributed by atoms with van der Waals surface area (Å²) in [6, 6.07) is 0. The third-order valence-electron chi connectivity index (χ3n) is 5.37. The van der Waals surface area contributed by atoms with Crippen molar-refractivity contribution in [2.75, 3.05) is 13.1 Å². The maximum Gasteiger partial charge on any atom is 0.226 e. The van der Waals surface area contributed by atoms with Gasteiger partial charge in [-0.15, -0.1) is 0 Å². The molecule has 122 valence electrons. The molecule has 0 spiro atoms. The van der Waals surface area contributed by atoms with Gasteiger partial charge in [0, 0.05) is 25.9 Å². The van der Waals surface area contributed by atoms with E-state index in [1.807, 2.05) is 11.8 Å². The van der Waals surface area contributed by atoms with E-state index in [9.17, 15) is 4.79 Å². The Morgan fingerprint density at radius 2 is 2.32 bits per heavy atom. The molecule has 1 saturated carbocycles. The molecule has 22 heavy (non-hydrogen) atoms. The summed E-state index contributed by atoms with van der Waals surface area (Å²) in [6.07, 6.45) is 5.85. The Balaban J connectivity index is 1.75. The lowest BCUT2D eigenvalue weighted by Gasteiger charge is -2.24. The number of carbonyl (C=O) groups excluding carboxylic acids is 1. The molecule has 0 radical (unpaired) electrons. The second kappa shape index (κ2) is 6.01.